The summed E-state index contributed by atoms with van der Waals surface area (Å²) in [6.45, 7) is 2.28. The number of benzene rings is 2. The van der Waals surface area contributed by atoms with Crippen molar-refractivity contribution < 1.29 is 13.9 Å². The minimum Gasteiger partial charge on any atom is -0.496 e. The summed E-state index contributed by atoms with van der Waals surface area (Å²) in [5, 5.41) is 3.34. The SMILES string of the molecule is COc1cccc(F)c1-c1nc(C)c(C(=O)NCCc2ccccc2)s1. The van der Waals surface area contributed by atoms with Gasteiger partial charge >= 0.3 is 0 Å². The van der Waals surface area contributed by atoms with Crippen LogP contribution in [0, 0.1) is 12.7 Å². The van der Waals surface area contributed by atoms with Gasteiger partial charge in [0.15, 0.2) is 0 Å². The Morgan fingerprint density at radius 3 is 2.69 bits per heavy atom. The third kappa shape index (κ3) is 3.91. The fraction of sp³-hybridized carbons (Fsp3) is 0.200. The summed E-state index contributed by atoms with van der Waals surface area (Å²) < 4.78 is 19.5. The van der Waals surface area contributed by atoms with Gasteiger partial charge in [-0.15, -0.1) is 11.3 Å². The van der Waals surface area contributed by atoms with Crippen molar-refractivity contribution in [3.63, 3.8) is 0 Å². The molecule has 0 fully saturated rings. The lowest BCUT2D eigenvalue weighted by Crippen LogP contribution is -2.25. The molecule has 3 aromatic rings. The van der Waals surface area contributed by atoms with E-state index < -0.39 is 5.82 Å². The topological polar surface area (TPSA) is 51.2 Å². The van der Waals surface area contributed by atoms with Crippen molar-refractivity contribution in [2.75, 3.05) is 13.7 Å². The standard InChI is InChI=1S/C20H19FN2O2S/c1-13-18(19(24)22-12-11-14-7-4-3-5-8-14)26-20(23-13)17-15(21)9-6-10-16(17)25-2/h3-10H,11-12H2,1-2H3,(H,22,24). The van der Waals surface area contributed by atoms with Crippen LogP contribution in [0.15, 0.2) is 48.5 Å². The van der Waals surface area contributed by atoms with Crippen molar-refractivity contribution >= 4 is 17.2 Å². The Morgan fingerprint density at radius 2 is 1.96 bits per heavy atom. The third-order valence-electron chi connectivity index (χ3n) is 3.95. The minimum atomic E-state index is -0.422. The highest BCUT2D eigenvalue weighted by molar-refractivity contribution is 7.17. The zero-order valence-electron chi connectivity index (χ0n) is 14.6. The lowest BCUT2D eigenvalue weighted by molar-refractivity contribution is 0.0957. The fourth-order valence-electron chi connectivity index (χ4n) is 2.64. The van der Waals surface area contributed by atoms with Crippen molar-refractivity contribution in [2.45, 2.75) is 13.3 Å². The number of amides is 1. The molecule has 1 heterocycles. The Kier molecular flexibility index (Phi) is 5.63. The van der Waals surface area contributed by atoms with Crippen LogP contribution >= 0.6 is 11.3 Å². The van der Waals surface area contributed by atoms with Gasteiger partial charge in [-0.1, -0.05) is 36.4 Å². The molecular weight excluding hydrogens is 351 g/mol. The van der Waals surface area contributed by atoms with Crippen molar-refractivity contribution in [3.8, 4) is 16.3 Å². The smallest absolute Gasteiger partial charge is 0.263 e. The Labute approximate surface area is 155 Å². The Balaban J connectivity index is 1.75. The molecule has 0 aliphatic rings. The summed E-state index contributed by atoms with van der Waals surface area (Å²) in [5.41, 5.74) is 2.02. The number of hydrogen-bond donors (Lipinski definition) is 1. The van der Waals surface area contributed by atoms with Gasteiger partial charge < -0.3 is 10.1 Å². The monoisotopic (exact) mass is 370 g/mol. The lowest BCUT2D eigenvalue weighted by Gasteiger charge is -2.06. The number of hydrogen-bond acceptors (Lipinski definition) is 4. The van der Waals surface area contributed by atoms with E-state index >= 15 is 0 Å². The first-order valence-electron chi connectivity index (χ1n) is 8.22. The summed E-state index contributed by atoms with van der Waals surface area (Å²) in [7, 11) is 1.48. The summed E-state index contributed by atoms with van der Waals surface area (Å²) in [5.74, 6) is -0.221. The quantitative estimate of drug-likeness (QED) is 0.706. The van der Waals surface area contributed by atoms with Crippen LogP contribution in [0.25, 0.3) is 10.6 Å². The first-order chi connectivity index (χ1) is 12.6. The Bertz CT molecular complexity index is 909. The molecule has 0 saturated carbocycles. The minimum absolute atomic E-state index is 0.197. The van der Waals surface area contributed by atoms with Crippen LogP contribution in [0.5, 0.6) is 5.75 Å². The van der Waals surface area contributed by atoms with Gasteiger partial charge in [-0.3, -0.25) is 4.79 Å². The van der Waals surface area contributed by atoms with Crippen LogP contribution in [0.3, 0.4) is 0 Å². The van der Waals surface area contributed by atoms with Crippen LogP contribution in [0.2, 0.25) is 0 Å². The van der Waals surface area contributed by atoms with Crippen molar-refractivity contribution in [1.29, 1.82) is 0 Å². The molecule has 134 valence electrons. The van der Waals surface area contributed by atoms with E-state index in [0.717, 1.165) is 12.0 Å². The zero-order valence-corrected chi connectivity index (χ0v) is 15.4. The maximum absolute atomic E-state index is 14.2. The molecule has 0 atom stereocenters. The maximum atomic E-state index is 14.2. The van der Waals surface area contributed by atoms with Crippen molar-refractivity contribution in [1.82, 2.24) is 10.3 Å². The number of rotatable bonds is 6. The van der Waals surface area contributed by atoms with E-state index in [1.54, 1.807) is 19.1 Å². The average Bonchev–Trinajstić information content (AvgIpc) is 3.03. The number of nitrogens with one attached hydrogen (secondary N) is 1. The highest BCUT2D eigenvalue weighted by Crippen LogP contribution is 2.36. The van der Waals surface area contributed by atoms with Crippen LogP contribution in [0.4, 0.5) is 4.39 Å². The summed E-state index contributed by atoms with van der Waals surface area (Å²) in [6, 6.07) is 14.6. The number of carbonyl (C=O) groups is 1. The van der Waals surface area contributed by atoms with Crippen LogP contribution in [0.1, 0.15) is 20.9 Å². The average molecular weight is 370 g/mol. The van der Waals surface area contributed by atoms with Crippen molar-refractivity contribution in [2.24, 2.45) is 0 Å². The van der Waals surface area contributed by atoms with Gasteiger partial charge in [0, 0.05) is 6.54 Å². The molecule has 0 radical (unpaired) electrons. The molecule has 1 aromatic heterocycles. The number of halogens is 1. The lowest BCUT2D eigenvalue weighted by atomic mass is 10.1. The predicted octanol–water partition coefficient (Wildman–Crippen LogP) is 4.24. The van der Waals surface area contributed by atoms with Gasteiger partial charge in [0.05, 0.1) is 18.4 Å². The largest absolute Gasteiger partial charge is 0.496 e. The highest BCUT2D eigenvalue weighted by Gasteiger charge is 2.20. The molecule has 0 saturated heterocycles. The Morgan fingerprint density at radius 1 is 1.19 bits per heavy atom. The van der Waals surface area contributed by atoms with Gasteiger partial charge in [-0.05, 0) is 31.0 Å². The van der Waals surface area contributed by atoms with Gasteiger partial charge in [-0.25, -0.2) is 9.37 Å². The zero-order chi connectivity index (χ0) is 18.5. The molecule has 0 bridgehead atoms. The third-order valence-corrected chi connectivity index (χ3v) is 5.13. The molecule has 2 aromatic carbocycles. The van der Waals surface area contributed by atoms with Crippen molar-refractivity contribution in [3.05, 3.63) is 70.5 Å². The van der Waals surface area contributed by atoms with Gasteiger partial charge in [0.1, 0.15) is 21.5 Å². The number of aromatic nitrogens is 1. The molecule has 0 aliphatic heterocycles. The molecule has 1 N–H and O–H groups in total. The Hall–Kier alpha value is -2.73. The van der Waals surface area contributed by atoms with E-state index in [9.17, 15) is 9.18 Å². The van der Waals surface area contributed by atoms with Gasteiger partial charge in [0.2, 0.25) is 0 Å². The predicted molar refractivity (Wildman–Crippen MR) is 101 cm³/mol. The summed E-state index contributed by atoms with van der Waals surface area (Å²) in [4.78, 5) is 17.3. The molecular formula is C20H19FN2O2S. The fourth-order valence-corrected chi connectivity index (χ4v) is 3.68. The van der Waals surface area contributed by atoms with Gasteiger partial charge in [-0.2, -0.15) is 0 Å². The molecule has 6 heteroatoms. The van der Waals surface area contributed by atoms with Gasteiger partial charge in [0.25, 0.3) is 5.91 Å². The number of carbonyl (C=O) groups excluding carboxylic acids is 1. The molecule has 3 rings (SSSR count). The normalized spacial score (nSPS) is 10.6. The number of thiazole rings is 1. The molecule has 0 unspecified atom stereocenters. The van der Waals surface area contributed by atoms with E-state index in [0.29, 0.717) is 27.9 Å². The maximum Gasteiger partial charge on any atom is 0.263 e. The number of aryl methyl sites for hydroxylation is 1. The van der Waals surface area contributed by atoms with E-state index in [4.69, 9.17) is 4.74 Å². The second kappa shape index (κ2) is 8.10. The molecule has 0 spiro atoms. The van der Waals surface area contributed by atoms with Crippen LogP contribution < -0.4 is 10.1 Å². The van der Waals surface area contributed by atoms with E-state index in [-0.39, 0.29) is 11.5 Å². The summed E-state index contributed by atoms with van der Waals surface area (Å²) >= 11 is 1.17. The highest BCUT2D eigenvalue weighted by atomic mass is 32.1. The number of methoxy groups -OCH3 is 1. The molecule has 4 nitrogen and oxygen atoms in total. The second-order valence-corrected chi connectivity index (χ2v) is 6.74. The first kappa shape index (κ1) is 18.1. The van der Waals surface area contributed by atoms with E-state index in [1.165, 1.54) is 24.5 Å². The van der Waals surface area contributed by atoms with E-state index in [1.807, 2.05) is 30.3 Å². The van der Waals surface area contributed by atoms with E-state index in [2.05, 4.69) is 10.3 Å². The van der Waals surface area contributed by atoms with Crippen LogP contribution in [-0.2, 0) is 6.42 Å². The molecule has 26 heavy (non-hydrogen) atoms. The second-order valence-electron chi connectivity index (χ2n) is 5.74. The number of ether oxygens (including phenoxy) is 1. The first-order valence-corrected chi connectivity index (χ1v) is 9.04. The molecule has 0 aliphatic carbocycles. The summed E-state index contributed by atoms with van der Waals surface area (Å²) in [6.07, 6.45) is 0.748. The molecule has 1 amide bonds. The number of nitrogens with zero attached hydrogens (tertiary/aromatic N) is 1. The van der Waals surface area contributed by atoms with Crippen LogP contribution in [-0.4, -0.2) is 24.5 Å².